The van der Waals surface area contributed by atoms with Crippen LogP contribution in [0.1, 0.15) is 39.5 Å². The first-order chi connectivity index (χ1) is 9.56. The molecule has 2 aliphatic rings. The Hall–Kier alpha value is -0.610. The van der Waals surface area contributed by atoms with E-state index in [4.69, 9.17) is 4.74 Å². The molecule has 0 aromatic carbocycles. The Bertz CT molecular complexity index is 316. The number of esters is 1. The minimum atomic E-state index is -0.0673. The zero-order chi connectivity index (χ0) is 14.5. The van der Waals surface area contributed by atoms with Gasteiger partial charge in [0.15, 0.2) is 0 Å². The summed E-state index contributed by atoms with van der Waals surface area (Å²) in [5, 5.41) is 3.71. The van der Waals surface area contributed by atoms with Crippen molar-refractivity contribution < 1.29 is 9.53 Å². The van der Waals surface area contributed by atoms with Crippen LogP contribution >= 0.6 is 0 Å². The molecule has 116 valence electrons. The van der Waals surface area contributed by atoms with Crippen LogP contribution in [0.25, 0.3) is 0 Å². The van der Waals surface area contributed by atoms with E-state index in [0.29, 0.717) is 24.3 Å². The SMILES string of the molecule is COC(=O)CC1CC(NCC2CC2)CN(CC(C)C)C1. The Morgan fingerprint density at radius 2 is 2.05 bits per heavy atom. The number of likely N-dealkylation sites (tertiary alicyclic amines) is 1. The molecule has 0 aromatic heterocycles. The lowest BCUT2D eigenvalue weighted by molar-refractivity contribution is -0.142. The van der Waals surface area contributed by atoms with E-state index in [1.54, 1.807) is 0 Å². The Morgan fingerprint density at radius 1 is 1.30 bits per heavy atom. The van der Waals surface area contributed by atoms with Gasteiger partial charge in [0.2, 0.25) is 0 Å². The number of hydrogen-bond donors (Lipinski definition) is 1. The van der Waals surface area contributed by atoms with Gasteiger partial charge in [-0.2, -0.15) is 0 Å². The summed E-state index contributed by atoms with van der Waals surface area (Å²) in [6.45, 7) is 8.97. The highest BCUT2D eigenvalue weighted by molar-refractivity contribution is 5.69. The lowest BCUT2D eigenvalue weighted by Crippen LogP contribution is -2.50. The number of hydrogen-bond acceptors (Lipinski definition) is 4. The molecule has 0 spiro atoms. The molecule has 1 aliphatic carbocycles. The lowest BCUT2D eigenvalue weighted by atomic mass is 9.91. The van der Waals surface area contributed by atoms with Crippen LogP contribution in [0.3, 0.4) is 0 Å². The molecule has 20 heavy (non-hydrogen) atoms. The van der Waals surface area contributed by atoms with E-state index >= 15 is 0 Å². The fourth-order valence-corrected chi connectivity index (χ4v) is 3.24. The van der Waals surface area contributed by atoms with Gasteiger partial charge in [-0.1, -0.05) is 13.8 Å². The predicted octanol–water partition coefficient (Wildman–Crippen LogP) is 1.90. The molecular weight excluding hydrogens is 252 g/mol. The zero-order valence-electron chi connectivity index (χ0n) is 13.2. The number of piperidine rings is 1. The van der Waals surface area contributed by atoms with Gasteiger partial charge in [-0.25, -0.2) is 0 Å². The maximum Gasteiger partial charge on any atom is 0.305 e. The summed E-state index contributed by atoms with van der Waals surface area (Å²) in [4.78, 5) is 14.1. The van der Waals surface area contributed by atoms with Crippen molar-refractivity contribution in [2.75, 3.05) is 33.3 Å². The molecule has 2 unspecified atom stereocenters. The Morgan fingerprint density at radius 3 is 2.65 bits per heavy atom. The summed E-state index contributed by atoms with van der Waals surface area (Å²) in [5.74, 6) is 1.96. The molecule has 1 N–H and O–H groups in total. The fraction of sp³-hybridized carbons (Fsp3) is 0.938. The first-order valence-electron chi connectivity index (χ1n) is 8.09. The van der Waals surface area contributed by atoms with Gasteiger partial charge in [0.25, 0.3) is 0 Å². The van der Waals surface area contributed by atoms with Crippen molar-refractivity contribution in [1.82, 2.24) is 10.2 Å². The monoisotopic (exact) mass is 282 g/mol. The lowest BCUT2D eigenvalue weighted by Gasteiger charge is -2.38. The van der Waals surface area contributed by atoms with Crippen molar-refractivity contribution >= 4 is 5.97 Å². The average Bonchev–Trinajstić information content (AvgIpc) is 3.19. The van der Waals surface area contributed by atoms with Crippen LogP contribution in [-0.4, -0.2) is 50.2 Å². The van der Waals surface area contributed by atoms with E-state index in [9.17, 15) is 4.79 Å². The molecule has 1 aliphatic heterocycles. The van der Waals surface area contributed by atoms with Gasteiger partial charge in [-0.3, -0.25) is 4.79 Å². The molecule has 2 rings (SSSR count). The van der Waals surface area contributed by atoms with Crippen LogP contribution in [0.15, 0.2) is 0 Å². The highest BCUT2D eigenvalue weighted by Gasteiger charge is 2.30. The van der Waals surface area contributed by atoms with Gasteiger partial charge in [-0.05, 0) is 43.6 Å². The molecule has 0 amide bonds. The summed E-state index contributed by atoms with van der Waals surface area (Å²) in [5.41, 5.74) is 0. The third-order valence-corrected chi connectivity index (χ3v) is 4.31. The summed E-state index contributed by atoms with van der Waals surface area (Å²) in [6.07, 6.45) is 4.45. The number of carbonyl (C=O) groups is 1. The number of nitrogens with one attached hydrogen (secondary N) is 1. The van der Waals surface area contributed by atoms with E-state index in [-0.39, 0.29) is 5.97 Å². The van der Waals surface area contributed by atoms with Crippen molar-refractivity contribution in [1.29, 1.82) is 0 Å². The zero-order valence-corrected chi connectivity index (χ0v) is 13.2. The van der Waals surface area contributed by atoms with Gasteiger partial charge in [0.05, 0.1) is 7.11 Å². The van der Waals surface area contributed by atoms with Gasteiger partial charge in [-0.15, -0.1) is 0 Å². The summed E-state index contributed by atoms with van der Waals surface area (Å²) in [6, 6.07) is 0.540. The van der Waals surface area contributed by atoms with Gasteiger partial charge in [0, 0.05) is 32.1 Å². The maximum atomic E-state index is 11.5. The molecule has 0 aromatic rings. The third-order valence-electron chi connectivity index (χ3n) is 4.31. The number of carbonyl (C=O) groups excluding carboxylic acids is 1. The Balaban J connectivity index is 1.84. The van der Waals surface area contributed by atoms with Crippen LogP contribution in [0.4, 0.5) is 0 Å². The van der Waals surface area contributed by atoms with E-state index in [1.807, 2.05) is 0 Å². The van der Waals surface area contributed by atoms with Crippen molar-refractivity contribution in [3.05, 3.63) is 0 Å². The number of rotatable bonds is 7. The highest BCUT2D eigenvalue weighted by Crippen LogP contribution is 2.28. The fourth-order valence-electron chi connectivity index (χ4n) is 3.24. The minimum absolute atomic E-state index is 0.0673. The predicted molar refractivity (Wildman–Crippen MR) is 80.5 cm³/mol. The topological polar surface area (TPSA) is 41.6 Å². The molecule has 1 saturated heterocycles. The first-order valence-corrected chi connectivity index (χ1v) is 8.09. The number of ether oxygens (including phenoxy) is 1. The Labute approximate surface area is 123 Å². The molecule has 2 atom stereocenters. The number of nitrogens with zero attached hydrogens (tertiary/aromatic N) is 1. The van der Waals surface area contributed by atoms with Crippen LogP contribution in [-0.2, 0) is 9.53 Å². The smallest absolute Gasteiger partial charge is 0.305 e. The van der Waals surface area contributed by atoms with Crippen LogP contribution in [0.2, 0.25) is 0 Å². The molecule has 0 bridgehead atoms. The third kappa shape index (κ3) is 5.41. The molecular formula is C16H30N2O2. The van der Waals surface area contributed by atoms with Crippen molar-refractivity contribution in [3.63, 3.8) is 0 Å². The van der Waals surface area contributed by atoms with E-state index in [1.165, 1.54) is 20.0 Å². The Kier molecular flexibility index (Phi) is 5.85. The second kappa shape index (κ2) is 7.41. The minimum Gasteiger partial charge on any atom is -0.469 e. The molecule has 1 heterocycles. The molecule has 0 radical (unpaired) electrons. The number of methoxy groups -OCH3 is 1. The van der Waals surface area contributed by atoms with Crippen molar-refractivity contribution in [2.24, 2.45) is 17.8 Å². The van der Waals surface area contributed by atoms with Gasteiger partial charge in [0.1, 0.15) is 0 Å². The first kappa shape index (κ1) is 15.8. The second-order valence-corrected chi connectivity index (χ2v) is 7.04. The van der Waals surface area contributed by atoms with E-state index in [0.717, 1.165) is 38.5 Å². The van der Waals surface area contributed by atoms with E-state index in [2.05, 4.69) is 24.1 Å². The molecule has 4 nitrogen and oxygen atoms in total. The maximum absolute atomic E-state index is 11.5. The van der Waals surface area contributed by atoms with Crippen molar-refractivity contribution in [2.45, 2.75) is 45.6 Å². The van der Waals surface area contributed by atoms with Crippen molar-refractivity contribution in [3.8, 4) is 0 Å². The normalized spacial score (nSPS) is 27.8. The largest absolute Gasteiger partial charge is 0.469 e. The summed E-state index contributed by atoms with van der Waals surface area (Å²) in [7, 11) is 1.49. The molecule has 2 fully saturated rings. The quantitative estimate of drug-likeness (QED) is 0.724. The average molecular weight is 282 g/mol. The molecule has 4 heteroatoms. The summed E-state index contributed by atoms with van der Waals surface area (Å²) >= 11 is 0. The van der Waals surface area contributed by atoms with E-state index < -0.39 is 0 Å². The summed E-state index contributed by atoms with van der Waals surface area (Å²) < 4.78 is 4.83. The van der Waals surface area contributed by atoms with Gasteiger partial charge >= 0.3 is 5.97 Å². The standard InChI is InChI=1S/C16H30N2O2/c1-12(2)9-18-10-14(7-16(19)20-3)6-15(11-18)17-8-13-4-5-13/h12-15,17H,4-11H2,1-3H3. The van der Waals surface area contributed by atoms with Crippen LogP contribution in [0, 0.1) is 17.8 Å². The second-order valence-electron chi connectivity index (χ2n) is 7.04. The van der Waals surface area contributed by atoms with Crippen LogP contribution in [0.5, 0.6) is 0 Å². The highest BCUT2D eigenvalue weighted by atomic mass is 16.5. The van der Waals surface area contributed by atoms with Gasteiger partial charge < -0.3 is 15.0 Å². The molecule has 1 saturated carbocycles. The van der Waals surface area contributed by atoms with Crippen LogP contribution < -0.4 is 5.32 Å².